The van der Waals surface area contributed by atoms with E-state index in [4.69, 9.17) is 4.74 Å². The van der Waals surface area contributed by atoms with Gasteiger partial charge in [-0.1, -0.05) is 103 Å². The van der Waals surface area contributed by atoms with Crippen LogP contribution in [0.25, 0.3) is 0 Å². The van der Waals surface area contributed by atoms with E-state index in [1.165, 1.54) is 6.07 Å². The highest BCUT2D eigenvalue weighted by molar-refractivity contribution is 7.89. The number of hydrogen-bond donors (Lipinski definition) is 3. The fourth-order valence-electron chi connectivity index (χ4n) is 5.19. The highest BCUT2D eigenvalue weighted by atomic mass is 32.2. The minimum Gasteiger partial charge on any atom is -0.487 e. The molecule has 41 heavy (non-hydrogen) atoms. The minimum atomic E-state index is -3.89. The molecule has 1 amide bonds. The van der Waals surface area contributed by atoms with E-state index in [0.717, 1.165) is 16.7 Å². The van der Waals surface area contributed by atoms with E-state index < -0.39 is 16.1 Å². The molecule has 0 unspecified atom stereocenters. The number of piperidine rings is 1. The maximum Gasteiger partial charge on any atom is 0.244 e. The molecule has 1 aliphatic heterocycles. The minimum absolute atomic E-state index is 0.0135. The van der Waals surface area contributed by atoms with Crippen LogP contribution in [0.15, 0.2) is 120 Å². The molecular weight excluding hydrogens is 534 g/mol. The van der Waals surface area contributed by atoms with Gasteiger partial charge in [0, 0.05) is 31.6 Å². The van der Waals surface area contributed by atoms with Crippen LogP contribution in [0.1, 0.15) is 29.0 Å². The number of benzene rings is 4. The first-order valence-electron chi connectivity index (χ1n) is 13.9. The van der Waals surface area contributed by atoms with E-state index in [9.17, 15) is 13.2 Å². The summed E-state index contributed by atoms with van der Waals surface area (Å²) in [5.74, 6) is -0.160. The number of carbonyl (C=O) groups is 1. The highest BCUT2D eigenvalue weighted by Crippen LogP contribution is 2.26. The number of sulfonamides is 1. The molecule has 0 saturated carbocycles. The lowest BCUT2D eigenvalue weighted by Gasteiger charge is -2.30. The summed E-state index contributed by atoms with van der Waals surface area (Å²) in [5.41, 5.74) is 3.19. The van der Waals surface area contributed by atoms with Crippen molar-refractivity contribution in [2.75, 3.05) is 19.6 Å². The van der Waals surface area contributed by atoms with Crippen molar-refractivity contribution in [3.63, 3.8) is 0 Å². The molecule has 8 heteroatoms. The molecular formula is C33H35N3O4S. The van der Waals surface area contributed by atoms with Crippen molar-refractivity contribution in [3.05, 3.63) is 132 Å². The van der Waals surface area contributed by atoms with Gasteiger partial charge in [0.2, 0.25) is 15.9 Å². The maximum absolute atomic E-state index is 13.4. The van der Waals surface area contributed by atoms with Crippen LogP contribution in [0.5, 0.6) is 5.75 Å². The number of para-hydroxylation sites is 1. The SMILES string of the molecule is O=C(NCC(c1ccccc1)c1ccccc1)[C@@H]1CNC[C@H](NS(=O)(=O)c2ccccc2OCc2ccccc2)C1. The predicted molar refractivity (Wildman–Crippen MR) is 160 cm³/mol. The van der Waals surface area contributed by atoms with Gasteiger partial charge in [-0.15, -0.1) is 0 Å². The number of nitrogens with one attached hydrogen (secondary N) is 3. The molecule has 1 heterocycles. The van der Waals surface area contributed by atoms with Gasteiger partial charge in [0.1, 0.15) is 17.3 Å². The van der Waals surface area contributed by atoms with Crippen molar-refractivity contribution < 1.29 is 17.9 Å². The van der Waals surface area contributed by atoms with Crippen LogP contribution in [-0.4, -0.2) is 40.0 Å². The second-order valence-corrected chi connectivity index (χ2v) is 11.9. The number of amides is 1. The highest BCUT2D eigenvalue weighted by Gasteiger charge is 2.31. The number of carbonyl (C=O) groups excluding carboxylic acids is 1. The Morgan fingerprint density at radius 2 is 1.39 bits per heavy atom. The zero-order valence-corrected chi connectivity index (χ0v) is 23.6. The Bertz CT molecular complexity index is 1480. The summed E-state index contributed by atoms with van der Waals surface area (Å²) in [7, 11) is -3.89. The van der Waals surface area contributed by atoms with Gasteiger partial charge < -0.3 is 15.4 Å². The third kappa shape index (κ3) is 7.61. The first-order chi connectivity index (χ1) is 20.0. The summed E-state index contributed by atoms with van der Waals surface area (Å²) < 4.78 is 35.5. The lowest BCUT2D eigenvalue weighted by molar-refractivity contribution is -0.125. The zero-order valence-electron chi connectivity index (χ0n) is 22.8. The molecule has 212 valence electrons. The lowest BCUT2D eigenvalue weighted by atomic mass is 9.90. The average molecular weight is 570 g/mol. The van der Waals surface area contributed by atoms with Gasteiger partial charge >= 0.3 is 0 Å². The molecule has 4 aromatic rings. The molecule has 0 aromatic heterocycles. The molecule has 0 bridgehead atoms. The van der Waals surface area contributed by atoms with Gasteiger partial charge in [-0.2, -0.15) is 0 Å². The van der Waals surface area contributed by atoms with Crippen LogP contribution >= 0.6 is 0 Å². The molecule has 3 N–H and O–H groups in total. The summed E-state index contributed by atoms with van der Waals surface area (Å²) in [6, 6.07) is 36.0. The Kier molecular flexibility index (Phi) is 9.46. The Morgan fingerprint density at radius 3 is 2.05 bits per heavy atom. The van der Waals surface area contributed by atoms with Crippen molar-refractivity contribution in [2.24, 2.45) is 5.92 Å². The van der Waals surface area contributed by atoms with E-state index in [-0.39, 0.29) is 35.0 Å². The van der Waals surface area contributed by atoms with Crippen LogP contribution in [0.2, 0.25) is 0 Å². The maximum atomic E-state index is 13.4. The van der Waals surface area contributed by atoms with Crippen molar-refractivity contribution in [2.45, 2.75) is 29.9 Å². The van der Waals surface area contributed by atoms with Crippen molar-refractivity contribution in [1.82, 2.24) is 15.4 Å². The Labute approximate surface area is 242 Å². The molecule has 1 fully saturated rings. The topological polar surface area (TPSA) is 96.5 Å². The molecule has 4 aromatic carbocycles. The molecule has 5 rings (SSSR count). The quantitative estimate of drug-likeness (QED) is 0.248. The average Bonchev–Trinajstić information content (AvgIpc) is 3.02. The van der Waals surface area contributed by atoms with Gasteiger partial charge in [0.05, 0.1) is 5.92 Å². The Balaban J connectivity index is 1.22. The van der Waals surface area contributed by atoms with Crippen molar-refractivity contribution >= 4 is 15.9 Å². The first kappa shape index (κ1) is 28.5. The fraction of sp³-hybridized carbons (Fsp3) is 0.242. The van der Waals surface area contributed by atoms with Crippen LogP contribution < -0.4 is 20.1 Å². The molecule has 0 radical (unpaired) electrons. The fourth-order valence-corrected chi connectivity index (χ4v) is 6.58. The molecule has 7 nitrogen and oxygen atoms in total. The van der Waals surface area contributed by atoms with Crippen LogP contribution in [0, 0.1) is 5.92 Å². The zero-order chi connectivity index (χ0) is 28.5. The summed E-state index contributed by atoms with van der Waals surface area (Å²) in [5, 5.41) is 6.36. The Morgan fingerprint density at radius 1 is 0.805 bits per heavy atom. The lowest BCUT2D eigenvalue weighted by Crippen LogP contribution is -2.52. The van der Waals surface area contributed by atoms with Gasteiger partial charge in [0.25, 0.3) is 0 Å². The largest absolute Gasteiger partial charge is 0.487 e. The van der Waals surface area contributed by atoms with E-state index >= 15 is 0 Å². The summed E-state index contributed by atoms with van der Waals surface area (Å²) >= 11 is 0. The third-order valence-electron chi connectivity index (χ3n) is 7.30. The smallest absolute Gasteiger partial charge is 0.244 e. The van der Waals surface area contributed by atoms with Gasteiger partial charge in [-0.3, -0.25) is 4.79 Å². The standard InChI is InChI=1S/C33H35N3O4S/c37-33(35-23-30(26-14-6-2-7-15-26)27-16-8-3-9-17-27)28-20-29(22-34-21-28)36-41(38,39)32-19-11-10-18-31(32)40-24-25-12-4-1-5-13-25/h1-19,28-30,34,36H,20-24H2,(H,35,37)/t28-,29+/m0/s1. The number of ether oxygens (including phenoxy) is 1. The summed E-state index contributed by atoms with van der Waals surface area (Å²) in [4.78, 5) is 13.4. The van der Waals surface area contributed by atoms with Crippen molar-refractivity contribution in [3.8, 4) is 5.75 Å². The first-order valence-corrected chi connectivity index (χ1v) is 15.3. The number of hydrogen-bond acceptors (Lipinski definition) is 5. The van der Waals surface area contributed by atoms with Crippen LogP contribution in [0.3, 0.4) is 0 Å². The molecule has 2 atom stereocenters. The van der Waals surface area contributed by atoms with E-state index in [0.29, 0.717) is 26.1 Å². The van der Waals surface area contributed by atoms with E-state index in [2.05, 4.69) is 39.6 Å². The van der Waals surface area contributed by atoms with Crippen LogP contribution in [0.4, 0.5) is 0 Å². The van der Waals surface area contributed by atoms with Gasteiger partial charge in [-0.05, 0) is 35.2 Å². The second kappa shape index (κ2) is 13.6. The van der Waals surface area contributed by atoms with Gasteiger partial charge in [0.15, 0.2) is 0 Å². The number of rotatable bonds is 11. The predicted octanol–water partition coefficient (Wildman–Crippen LogP) is 4.47. The Hall–Kier alpha value is -3.98. The molecule has 1 saturated heterocycles. The normalized spacial score (nSPS) is 17.2. The summed E-state index contributed by atoms with van der Waals surface area (Å²) in [6.45, 7) is 1.63. The molecule has 1 aliphatic rings. The van der Waals surface area contributed by atoms with E-state index in [1.54, 1.807) is 18.2 Å². The second-order valence-electron chi connectivity index (χ2n) is 10.2. The van der Waals surface area contributed by atoms with Gasteiger partial charge in [-0.25, -0.2) is 13.1 Å². The monoisotopic (exact) mass is 569 g/mol. The third-order valence-corrected chi connectivity index (χ3v) is 8.86. The molecule has 0 aliphatic carbocycles. The summed E-state index contributed by atoms with van der Waals surface area (Å²) in [6.07, 6.45) is 0.395. The molecule has 0 spiro atoms. The van der Waals surface area contributed by atoms with Crippen LogP contribution in [-0.2, 0) is 21.4 Å². The van der Waals surface area contributed by atoms with Crippen molar-refractivity contribution in [1.29, 1.82) is 0 Å². The van der Waals surface area contributed by atoms with E-state index in [1.807, 2.05) is 66.7 Å².